The summed E-state index contributed by atoms with van der Waals surface area (Å²) in [5, 5.41) is 0. The molecule has 1 aliphatic heterocycles. The van der Waals surface area contributed by atoms with Crippen molar-refractivity contribution in [2.24, 2.45) is 0 Å². The van der Waals surface area contributed by atoms with Gasteiger partial charge in [0, 0.05) is 25.4 Å². The van der Waals surface area contributed by atoms with Gasteiger partial charge < -0.3 is 4.90 Å². The Morgan fingerprint density at radius 1 is 1.47 bits per heavy atom. The van der Waals surface area contributed by atoms with Crippen molar-refractivity contribution in [3.05, 3.63) is 18.7 Å². The average molecular weight is 215 g/mol. The third-order valence-electron chi connectivity index (χ3n) is 2.39. The maximum absolute atomic E-state index is 13.0. The Hall–Kier alpha value is -1.46. The first kappa shape index (κ1) is 10.1. The Bertz CT molecular complexity index is 350. The second-order valence-corrected chi connectivity index (χ2v) is 3.63. The highest BCUT2D eigenvalue weighted by atomic mass is 19.3. The molecule has 1 aromatic heterocycles. The Kier molecular flexibility index (Phi) is 2.42. The lowest BCUT2D eigenvalue weighted by molar-refractivity contribution is -0.0522. The highest BCUT2D eigenvalue weighted by Gasteiger charge is 2.37. The van der Waals surface area contributed by atoms with Crippen LogP contribution in [-0.2, 0) is 0 Å². The predicted octanol–water partition coefficient (Wildman–Crippen LogP) is 1.58. The van der Waals surface area contributed by atoms with E-state index >= 15 is 0 Å². The van der Waals surface area contributed by atoms with Crippen LogP contribution < -0.4 is 0 Å². The SMILES string of the molecule is O=C(N1CCCC(F)(F)C1)n1ccnc1. The van der Waals surface area contributed by atoms with E-state index < -0.39 is 18.5 Å². The molecular formula is C9H11F2N3O. The lowest BCUT2D eigenvalue weighted by Crippen LogP contribution is -2.47. The van der Waals surface area contributed by atoms with Crippen molar-refractivity contribution in [2.75, 3.05) is 13.1 Å². The van der Waals surface area contributed by atoms with Crippen molar-refractivity contribution in [2.45, 2.75) is 18.8 Å². The number of likely N-dealkylation sites (tertiary alicyclic amines) is 1. The van der Waals surface area contributed by atoms with Gasteiger partial charge in [-0.05, 0) is 6.42 Å². The molecule has 0 bridgehead atoms. The first-order chi connectivity index (χ1) is 7.08. The Morgan fingerprint density at radius 3 is 2.87 bits per heavy atom. The molecular weight excluding hydrogens is 204 g/mol. The molecule has 1 amide bonds. The largest absolute Gasteiger partial charge is 0.329 e. The Labute approximate surface area is 85.5 Å². The second-order valence-electron chi connectivity index (χ2n) is 3.63. The maximum Gasteiger partial charge on any atom is 0.329 e. The summed E-state index contributed by atoms with van der Waals surface area (Å²) < 4.78 is 27.3. The number of piperidine rings is 1. The number of carbonyl (C=O) groups is 1. The Balaban J connectivity index is 2.08. The van der Waals surface area contributed by atoms with Gasteiger partial charge in [-0.2, -0.15) is 0 Å². The van der Waals surface area contributed by atoms with Gasteiger partial charge in [0.25, 0.3) is 5.92 Å². The van der Waals surface area contributed by atoms with Gasteiger partial charge in [-0.1, -0.05) is 0 Å². The van der Waals surface area contributed by atoms with Crippen LogP contribution in [0.5, 0.6) is 0 Å². The number of alkyl halides is 2. The lowest BCUT2D eigenvalue weighted by atomic mass is 10.1. The molecule has 0 unspecified atom stereocenters. The predicted molar refractivity (Wildman–Crippen MR) is 48.8 cm³/mol. The van der Waals surface area contributed by atoms with E-state index in [9.17, 15) is 13.6 Å². The zero-order valence-corrected chi connectivity index (χ0v) is 8.07. The fourth-order valence-electron chi connectivity index (χ4n) is 1.66. The van der Waals surface area contributed by atoms with Gasteiger partial charge in [0.1, 0.15) is 6.33 Å². The van der Waals surface area contributed by atoms with Crippen LogP contribution in [-0.4, -0.2) is 39.5 Å². The van der Waals surface area contributed by atoms with Crippen LogP contribution in [0.3, 0.4) is 0 Å². The zero-order valence-electron chi connectivity index (χ0n) is 8.07. The van der Waals surface area contributed by atoms with E-state index in [1.165, 1.54) is 23.3 Å². The molecule has 2 heterocycles. The summed E-state index contributed by atoms with van der Waals surface area (Å²) in [6.45, 7) is -0.114. The number of aromatic nitrogens is 2. The summed E-state index contributed by atoms with van der Waals surface area (Å²) in [4.78, 5) is 16.5. The molecule has 1 saturated heterocycles. The first-order valence-corrected chi connectivity index (χ1v) is 4.73. The topological polar surface area (TPSA) is 38.1 Å². The number of rotatable bonds is 0. The third-order valence-corrected chi connectivity index (χ3v) is 2.39. The van der Waals surface area contributed by atoms with Crippen LogP contribution in [0.25, 0.3) is 0 Å². The minimum absolute atomic E-state index is 0.138. The number of amides is 1. The van der Waals surface area contributed by atoms with Crippen LogP contribution in [0, 0.1) is 0 Å². The fourth-order valence-corrected chi connectivity index (χ4v) is 1.66. The van der Waals surface area contributed by atoms with Crippen molar-refractivity contribution in [1.82, 2.24) is 14.5 Å². The van der Waals surface area contributed by atoms with Crippen LogP contribution in [0.4, 0.5) is 13.6 Å². The monoisotopic (exact) mass is 215 g/mol. The summed E-state index contributed by atoms with van der Waals surface area (Å²) in [5.74, 6) is -2.76. The summed E-state index contributed by atoms with van der Waals surface area (Å²) in [6.07, 6.45) is 4.41. The molecule has 0 radical (unpaired) electrons. The molecule has 82 valence electrons. The molecule has 0 atom stereocenters. The summed E-state index contributed by atoms with van der Waals surface area (Å²) in [7, 11) is 0. The van der Waals surface area contributed by atoms with Crippen molar-refractivity contribution >= 4 is 6.03 Å². The quantitative estimate of drug-likeness (QED) is 0.659. The standard InChI is InChI=1S/C9H11F2N3O/c10-9(11)2-1-4-13(6-9)8(15)14-5-3-12-7-14/h3,5,7H,1-2,4,6H2. The molecule has 0 saturated carbocycles. The minimum Gasteiger partial charge on any atom is -0.318 e. The molecule has 1 aromatic rings. The van der Waals surface area contributed by atoms with Crippen LogP contribution in [0.1, 0.15) is 12.8 Å². The van der Waals surface area contributed by atoms with E-state index in [1.54, 1.807) is 0 Å². The minimum atomic E-state index is -2.76. The normalized spacial score (nSPS) is 20.3. The molecule has 2 rings (SSSR count). The second kappa shape index (κ2) is 3.60. The summed E-state index contributed by atoms with van der Waals surface area (Å²) in [5.41, 5.74) is 0. The lowest BCUT2D eigenvalue weighted by Gasteiger charge is -2.32. The van der Waals surface area contributed by atoms with Crippen LogP contribution >= 0.6 is 0 Å². The molecule has 0 spiro atoms. The van der Waals surface area contributed by atoms with E-state index in [4.69, 9.17) is 0 Å². The van der Waals surface area contributed by atoms with Gasteiger partial charge in [0.15, 0.2) is 0 Å². The molecule has 15 heavy (non-hydrogen) atoms. The Morgan fingerprint density at radius 2 is 2.27 bits per heavy atom. The third kappa shape index (κ3) is 2.14. The van der Waals surface area contributed by atoms with Crippen molar-refractivity contribution in [3.8, 4) is 0 Å². The summed E-state index contributed by atoms with van der Waals surface area (Å²) in [6, 6.07) is -0.438. The summed E-state index contributed by atoms with van der Waals surface area (Å²) >= 11 is 0. The van der Waals surface area contributed by atoms with E-state index in [0.717, 1.165) is 4.90 Å². The van der Waals surface area contributed by atoms with Crippen molar-refractivity contribution in [1.29, 1.82) is 0 Å². The van der Waals surface area contributed by atoms with Crippen molar-refractivity contribution in [3.63, 3.8) is 0 Å². The smallest absolute Gasteiger partial charge is 0.318 e. The van der Waals surface area contributed by atoms with E-state index in [1.807, 2.05) is 0 Å². The van der Waals surface area contributed by atoms with Gasteiger partial charge in [0.05, 0.1) is 6.54 Å². The van der Waals surface area contributed by atoms with E-state index in [0.29, 0.717) is 13.0 Å². The molecule has 0 N–H and O–H groups in total. The molecule has 0 aliphatic carbocycles. The fraction of sp³-hybridized carbons (Fsp3) is 0.556. The molecule has 4 nitrogen and oxygen atoms in total. The van der Waals surface area contributed by atoms with Crippen molar-refractivity contribution < 1.29 is 13.6 Å². The van der Waals surface area contributed by atoms with Gasteiger partial charge in [-0.3, -0.25) is 4.57 Å². The molecule has 1 fully saturated rings. The number of nitrogens with zero attached hydrogens (tertiary/aromatic N) is 3. The van der Waals surface area contributed by atoms with Gasteiger partial charge >= 0.3 is 6.03 Å². The maximum atomic E-state index is 13.0. The van der Waals surface area contributed by atoms with Gasteiger partial charge in [-0.25, -0.2) is 18.6 Å². The molecule has 1 aliphatic rings. The number of imidazole rings is 1. The number of hydrogen-bond donors (Lipinski definition) is 0. The highest BCUT2D eigenvalue weighted by Crippen LogP contribution is 2.26. The van der Waals surface area contributed by atoms with Crippen LogP contribution in [0.2, 0.25) is 0 Å². The number of carbonyl (C=O) groups excluding carboxylic acids is 1. The van der Waals surface area contributed by atoms with Gasteiger partial charge in [-0.15, -0.1) is 0 Å². The number of halogens is 2. The zero-order chi connectivity index (χ0) is 10.9. The molecule has 6 heteroatoms. The van der Waals surface area contributed by atoms with E-state index in [2.05, 4.69) is 4.98 Å². The van der Waals surface area contributed by atoms with E-state index in [-0.39, 0.29) is 6.42 Å². The number of hydrogen-bond acceptors (Lipinski definition) is 2. The highest BCUT2D eigenvalue weighted by molar-refractivity contribution is 5.76. The molecule has 0 aromatic carbocycles. The first-order valence-electron chi connectivity index (χ1n) is 4.73. The van der Waals surface area contributed by atoms with Gasteiger partial charge in [0.2, 0.25) is 0 Å². The average Bonchev–Trinajstić information content (AvgIpc) is 2.67. The van der Waals surface area contributed by atoms with Crippen LogP contribution in [0.15, 0.2) is 18.7 Å².